The second-order valence-corrected chi connectivity index (χ2v) is 6.52. The van der Waals surface area contributed by atoms with Crippen LogP contribution in [-0.4, -0.2) is 51.8 Å². The molecule has 3 N–H and O–H groups in total. The second kappa shape index (κ2) is 9.82. The van der Waals surface area contributed by atoms with Crippen LogP contribution in [0.15, 0.2) is 12.1 Å². The number of amides is 2. The van der Waals surface area contributed by atoms with E-state index in [0.29, 0.717) is 12.0 Å². The van der Waals surface area contributed by atoms with Gasteiger partial charge < -0.3 is 30.0 Å². The van der Waals surface area contributed by atoms with E-state index < -0.39 is 5.91 Å². The van der Waals surface area contributed by atoms with Crippen molar-refractivity contribution in [3.05, 3.63) is 17.7 Å². The summed E-state index contributed by atoms with van der Waals surface area (Å²) >= 11 is 0. The molecule has 1 fully saturated rings. The first-order chi connectivity index (χ1) is 13.4. The SMILES string of the molecule is COC(=O)C1CCCC(NC(=O)c2cc(OC)c(OCC(N)=O)c(OC)c2)C1. The Morgan fingerprint density at radius 2 is 1.75 bits per heavy atom. The Balaban J connectivity index is 2.16. The highest BCUT2D eigenvalue weighted by Gasteiger charge is 2.29. The summed E-state index contributed by atoms with van der Waals surface area (Å²) in [6, 6.07) is 2.86. The summed E-state index contributed by atoms with van der Waals surface area (Å²) in [6.45, 7) is -0.352. The molecule has 0 spiro atoms. The summed E-state index contributed by atoms with van der Waals surface area (Å²) in [5.74, 6) is -0.777. The van der Waals surface area contributed by atoms with Gasteiger partial charge in [0.1, 0.15) is 0 Å². The van der Waals surface area contributed by atoms with Gasteiger partial charge in [0.25, 0.3) is 11.8 Å². The molecule has 2 atom stereocenters. The first kappa shape index (κ1) is 21.3. The number of carbonyl (C=O) groups excluding carboxylic acids is 3. The van der Waals surface area contributed by atoms with Gasteiger partial charge in [-0.1, -0.05) is 6.42 Å². The Morgan fingerprint density at radius 3 is 2.29 bits per heavy atom. The molecule has 0 aromatic heterocycles. The molecule has 0 radical (unpaired) electrons. The lowest BCUT2D eigenvalue weighted by Crippen LogP contribution is -2.40. The van der Waals surface area contributed by atoms with E-state index >= 15 is 0 Å². The third-order valence-corrected chi connectivity index (χ3v) is 4.63. The highest BCUT2D eigenvalue weighted by molar-refractivity contribution is 5.96. The van der Waals surface area contributed by atoms with Gasteiger partial charge in [0.2, 0.25) is 5.75 Å². The molecule has 2 rings (SSSR count). The number of benzene rings is 1. The number of ether oxygens (including phenoxy) is 4. The second-order valence-electron chi connectivity index (χ2n) is 6.52. The first-order valence-electron chi connectivity index (χ1n) is 8.95. The van der Waals surface area contributed by atoms with Crippen molar-refractivity contribution < 1.29 is 33.3 Å². The van der Waals surface area contributed by atoms with E-state index in [1.54, 1.807) is 0 Å². The standard InChI is InChI=1S/C19H26N2O7/c1-25-14-8-12(9-15(26-2)17(14)28-10-16(20)22)18(23)21-13-6-4-5-11(7-13)19(24)27-3/h8-9,11,13H,4-7,10H2,1-3H3,(H2,20,22)(H,21,23). The fourth-order valence-corrected chi connectivity index (χ4v) is 3.27. The fourth-order valence-electron chi connectivity index (χ4n) is 3.27. The van der Waals surface area contributed by atoms with Crippen molar-refractivity contribution >= 4 is 17.8 Å². The smallest absolute Gasteiger partial charge is 0.308 e. The van der Waals surface area contributed by atoms with Crippen LogP contribution >= 0.6 is 0 Å². The summed E-state index contributed by atoms with van der Waals surface area (Å²) in [5, 5.41) is 2.94. The summed E-state index contributed by atoms with van der Waals surface area (Å²) in [7, 11) is 4.19. The number of esters is 1. The normalized spacial score (nSPS) is 18.7. The van der Waals surface area contributed by atoms with Crippen molar-refractivity contribution in [1.82, 2.24) is 5.32 Å². The fraction of sp³-hybridized carbons (Fsp3) is 0.526. The molecule has 0 bridgehead atoms. The van der Waals surface area contributed by atoms with Crippen molar-refractivity contribution in [2.24, 2.45) is 11.7 Å². The third kappa shape index (κ3) is 5.28. The molecule has 154 valence electrons. The van der Waals surface area contributed by atoms with Gasteiger partial charge in [0.05, 0.1) is 27.2 Å². The molecular weight excluding hydrogens is 368 g/mol. The Morgan fingerprint density at radius 1 is 1.11 bits per heavy atom. The van der Waals surface area contributed by atoms with Crippen molar-refractivity contribution in [2.45, 2.75) is 31.7 Å². The molecule has 0 aliphatic heterocycles. The van der Waals surface area contributed by atoms with Crippen LogP contribution < -0.4 is 25.3 Å². The molecule has 2 amide bonds. The molecule has 1 saturated carbocycles. The van der Waals surface area contributed by atoms with Gasteiger partial charge in [-0.05, 0) is 31.4 Å². The van der Waals surface area contributed by atoms with Crippen molar-refractivity contribution in [3.8, 4) is 17.2 Å². The first-order valence-corrected chi connectivity index (χ1v) is 8.95. The molecule has 9 nitrogen and oxygen atoms in total. The largest absolute Gasteiger partial charge is 0.493 e. The van der Waals surface area contributed by atoms with Gasteiger partial charge in [-0.25, -0.2) is 0 Å². The van der Waals surface area contributed by atoms with Gasteiger partial charge in [-0.15, -0.1) is 0 Å². The molecule has 1 aromatic carbocycles. The van der Waals surface area contributed by atoms with Crippen LogP contribution in [0.2, 0.25) is 0 Å². The molecular formula is C19H26N2O7. The zero-order valence-electron chi connectivity index (χ0n) is 16.3. The average molecular weight is 394 g/mol. The van der Waals surface area contributed by atoms with E-state index in [9.17, 15) is 14.4 Å². The highest BCUT2D eigenvalue weighted by Crippen LogP contribution is 2.38. The Labute approximate surface area is 163 Å². The summed E-state index contributed by atoms with van der Waals surface area (Å²) in [5.41, 5.74) is 5.41. The van der Waals surface area contributed by atoms with Gasteiger partial charge in [0, 0.05) is 11.6 Å². The van der Waals surface area contributed by atoms with Crippen LogP contribution in [0.1, 0.15) is 36.0 Å². The minimum atomic E-state index is -0.650. The molecule has 9 heteroatoms. The number of nitrogens with two attached hydrogens (primary N) is 1. The summed E-state index contributed by atoms with van der Waals surface area (Å²) in [4.78, 5) is 35.5. The zero-order chi connectivity index (χ0) is 20.7. The van der Waals surface area contributed by atoms with E-state index in [1.807, 2.05) is 0 Å². The van der Waals surface area contributed by atoms with Crippen molar-refractivity contribution in [1.29, 1.82) is 0 Å². The van der Waals surface area contributed by atoms with E-state index in [1.165, 1.54) is 33.5 Å². The van der Waals surface area contributed by atoms with E-state index in [-0.39, 0.29) is 47.7 Å². The quantitative estimate of drug-likeness (QED) is 0.631. The lowest BCUT2D eigenvalue weighted by molar-refractivity contribution is -0.146. The number of methoxy groups -OCH3 is 3. The summed E-state index contributed by atoms with van der Waals surface area (Å²) < 4.78 is 20.7. The minimum Gasteiger partial charge on any atom is -0.493 e. The average Bonchev–Trinajstić information content (AvgIpc) is 2.70. The van der Waals surface area contributed by atoms with Crippen molar-refractivity contribution in [3.63, 3.8) is 0 Å². The molecule has 28 heavy (non-hydrogen) atoms. The van der Waals surface area contributed by atoms with Crippen LogP contribution in [0.3, 0.4) is 0 Å². The Bertz CT molecular complexity index is 710. The predicted octanol–water partition coefficient (Wildman–Crippen LogP) is 1.03. The maximum atomic E-state index is 12.7. The third-order valence-electron chi connectivity index (χ3n) is 4.63. The van der Waals surface area contributed by atoms with Crippen LogP contribution in [0.5, 0.6) is 17.2 Å². The predicted molar refractivity (Wildman–Crippen MR) is 99.5 cm³/mol. The topological polar surface area (TPSA) is 126 Å². The van der Waals surface area contributed by atoms with Gasteiger partial charge >= 0.3 is 5.97 Å². The number of hydrogen-bond donors (Lipinski definition) is 2. The van der Waals surface area contributed by atoms with Crippen molar-refractivity contribution in [2.75, 3.05) is 27.9 Å². The van der Waals surface area contributed by atoms with E-state index in [2.05, 4.69) is 5.32 Å². The lowest BCUT2D eigenvalue weighted by Gasteiger charge is -2.28. The van der Waals surface area contributed by atoms with Crippen LogP contribution in [0.25, 0.3) is 0 Å². The number of rotatable bonds is 8. The molecule has 1 aliphatic rings. The molecule has 0 heterocycles. The molecule has 1 aliphatic carbocycles. The molecule has 0 saturated heterocycles. The van der Waals surface area contributed by atoms with Crippen LogP contribution in [0, 0.1) is 5.92 Å². The Kier molecular flexibility index (Phi) is 7.48. The van der Waals surface area contributed by atoms with E-state index in [4.69, 9.17) is 24.7 Å². The maximum Gasteiger partial charge on any atom is 0.308 e. The van der Waals surface area contributed by atoms with Gasteiger partial charge in [-0.2, -0.15) is 0 Å². The Hall–Kier alpha value is -2.97. The maximum absolute atomic E-state index is 12.7. The number of nitrogens with one attached hydrogen (secondary N) is 1. The monoisotopic (exact) mass is 394 g/mol. The highest BCUT2D eigenvalue weighted by atomic mass is 16.5. The molecule has 1 aromatic rings. The number of hydrogen-bond acceptors (Lipinski definition) is 7. The van der Waals surface area contributed by atoms with Gasteiger partial charge in [0.15, 0.2) is 18.1 Å². The molecule has 2 unspecified atom stereocenters. The number of primary amides is 1. The minimum absolute atomic E-state index is 0.131. The lowest BCUT2D eigenvalue weighted by atomic mass is 9.85. The van der Waals surface area contributed by atoms with Crippen LogP contribution in [-0.2, 0) is 14.3 Å². The van der Waals surface area contributed by atoms with Gasteiger partial charge in [-0.3, -0.25) is 14.4 Å². The zero-order valence-corrected chi connectivity index (χ0v) is 16.3. The van der Waals surface area contributed by atoms with Crippen LogP contribution in [0.4, 0.5) is 0 Å². The summed E-state index contributed by atoms with van der Waals surface area (Å²) in [6.07, 6.45) is 2.91. The van der Waals surface area contributed by atoms with E-state index in [0.717, 1.165) is 19.3 Å². The number of carbonyl (C=O) groups is 3.